The molecule has 3 heteroatoms. The van der Waals surface area contributed by atoms with E-state index in [0.29, 0.717) is 0 Å². The average molecular weight is 248 g/mol. The molecule has 1 aromatic rings. The van der Waals surface area contributed by atoms with Crippen molar-refractivity contribution in [2.24, 2.45) is 5.73 Å². The van der Waals surface area contributed by atoms with Gasteiger partial charge in [-0.1, -0.05) is 51.5 Å². The van der Waals surface area contributed by atoms with Gasteiger partial charge in [-0.3, -0.25) is 4.79 Å². The van der Waals surface area contributed by atoms with Crippen LogP contribution in [-0.4, -0.2) is 19.0 Å². The van der Waals surface area contributed by atoms with Gasteiger partial charge >= 0.3 is 0 Å². The molecule has 0 heterocycles. The Bertz CT molecular complexity index is 382. The Morgan fingerprint density at radius 3 is 2.39 bits per heavy atom. The van der Waals surface area contributed by atoms with Gasteiger partial charge < -0.3 is 11.1 Å². The van der Waals surface area contributed by atoms with Crippen LogP contribution < -0.4 is 11.1 Å². The van der Waals surface area contributed by atoms with Crippen molar-refractivity contribution in [1.82, 2.24) is 5.32 Å². The van der Waals surface area contributed by atoms with Crippen molar-refractivity contribution in [1.29, 1.82) is 0 Å². The number of aryl methyl sites for hydroxylation is 1. The lowest BCUT2D eigenvalue weighted by atomic mass is 9.84. The second kappa shape index (κ2) is 6.55. The van der Waals surface area contributed by atoms with Crippen LogP contribution in [0.15, 0.2) is 24.3 Å². The van der Waals surface area contributed by atoms with Gasteiger partial charge in [-0.05, 0) is 17.5 Å². The third-order valence-corrected chi connectivity index (χ3v) is 3.14. The van der Waals surface area contributed by atoms with Crippen LogP contribution in [0.2, 0.25) is 0 Å². The van der Waals surface area contributed by atoms with E-state index in [2.05, 4.69) is 50.4 Å². The largest absolute Gasteiger partial charge is 0.369 e. The maximum atomic E-state index is 10.7. The first-order valence-electron chi connectivity index (χ1n) is 6.54. The highest BCUT2D eigenvalue weighted by molar-refractivity contribution is 5.75. The fourth-order valence-electron chi connectivity index (χ4n) is 2.01. The summed E-state index contributed by atoms with van der Waals surface area (Å²) in [5.74, 6) is -0.316. The number of amides is 1. The molecule has 3 nitrogen and oxygen atoms in total. The molecule has 1 aromatic carbocycles. The van der Waals surface area contributed by atoms with Crippen molar-refractivity contribution in [2.75, 3.05) is 13.1 Å². The normalized spacial score (nSPS) is 11.5. The third-order valence-electron chi connectivity index (χ3n) is 3.14. The molecule has 0 aliphatic carbocycles. The molecule has 0 aliphatic heterocycles. The van der Waals surface area contributed by atoms with Gasteiger partial charge in [-0.15, -0.1) is 0 Å². The first kappa shape index (κ1) is 14.7. The minimum atomic E-state index is -0.316. The number of nitrogens with two attached hydrogens (primary N) is 1. The number of hydrogen-bond donors (Lipinski definition) is 2. The number of nitrogens with one attached hydrogen (secondary N) is 1. The molecule has 1 rings (SSSR count). The molecular formula is C15H24N2O. The molecule has 0 aliphatic rings. The van der Waals surface area contributed by atoms with Crippen LogP contribution in [-0.2, 0) is 16.6 Å². The third kappa shape index (κ3) is 4.49. The van der Waals surface area contributed by atoms with E-state index in [9.17, 15) is 4.79 Å². The Kier molecular flexibility index (Phi) is 5.35. The highest BCUT2D eigenvalue weighted by Crippen LogP contribution is 2.22. The molecule has 1 amide bonds. The van der Waals surface area contributed by atoms with Crippen LogP contribution in [0.4, 0.5) is 0 Å². The van der Waals surface area contributed by atoms with E-state index in [0.717, 1.165) is 13.0 Å². The van der Waals surface area contributed by atoms with Crippen LogP contribution in [0.5, 0.6) is 0 Å². The zero-order valence-electron chi connectivity index (χ0n) is 11.6. The van der Waals surface area contributed by atoms with Gasteiger partial charge in [0, 0.05) is 12.0 Å². The second-order valence-electron chi connectivity index (χ2n) is 5.40. The summed E-state index contributed by atoms with van der Waals surface area (Å²) in [6, 6.07) is 8.73. The van der Waals surface area contributed by atoms with Crippen molar-refractivity contribution < 1.29 is 4.79 Å². The molecule has 0 saturated heterocycles. The summed E-state index contributed by atoms with van der Waals surface area (Å²) < 4.78 is 0. The summed E-state index contributed by atoms with van der Waals surface area (Å²) in [5.41, 5.74) is 7.77. The molecule has 18 heavy (non-hydrogen) atoms. The fourth-order valence-corrected chi connectivity index (χ4v) is 2.01. The molecule has 0 unspecified atom stereocenters. The Hall–Kier alpha value is -1.35. The summed E-state index contributed by atoms with van der Waals surface area (Å²) in [7, 11) is 0. The van der Waals surface area contributed by atoms with Crippen molar-refractivity contribution >= 4 is 5.91 Å². The summed E-state index contributed by atoms with van der Waals surface area (Å²) in [4.78, 5) is 10.7. The molecular weight excluding hydrogens is 224 g/mol. The number of hydrogen-bond acceptors (Lipinski definition) is 2. The Balaban J connectivity index is 2.63. The van der Waals surface area contributed by atoms with E-state index in [1.165, 1.54) is 17.5 Å². The zero-order valence-corrected chi connectivity index (χ0v) is 11.6. The highest BCUT2D eigenvalue weighted by atomic mass is 16.1. The molecule has 100 valence electrons. The molecule has 0 fully saturated rings. The van der Waals surface area contributed by atoms with Crippen LogP contribution >= 0.6 is 0 Å². The van der Waals surface area contributed by atoms with Crippen LogP contribution in [0.25, 0.3) is 0 Å². The Morgan fingerprint density at radius 1 is 1.28 bits per heavy atom. The molecule has 0 radical (unpaired) electrons. The lowest BCUT2D eigenvalue weighted by molar-refractivity contribution is -0.117. The number of rotatable bonds is 7. The molecule has 0 saturated carbocycles. The van der Waals surface area contributed by atoms with Gasteiger partial charge in [-0.2, -0.15) is 0 Å². The fraction of sp³-hybridized carbons (Fsp3) is 0.533. The van der Waals surface area contributed by atoms with Crippen molar-refractivity contribution in [3.05, 3.63) is 35.4 Å². The minimum absolute atomic E-state index is 0.000193. The highest BCUT2D eigenvalue weighted by Gasteiger charge is 2.20. The second-order valence-corrected chi connectivity index (χ2v) is 5.40. The average Bonchev–Trinajstić information content (AvgIpc) is 2.29. The van der Waals surface area contributed by atoms with Gasteiger partial charge in [0.1, 0.15) is 0 Å². The molecule has 0 aromatic heterocycles. The SMILES string of the molecule is CCCc1ccc(C(C)(C)CNCC(N)=O)cc1. The quantitative estimate of drug-likeness (QED) is 0.775. The van der Waals surface area contributed by atoms with E-state index in [1.807, 2.05) is 0 Å². The topological polar surface area (TPSA) is 55.1 Å². The zero-order chi connectivity index (χ0) is 13.6. The first-order chi connectivity index (χ1) is 8.45. The lowest BCUT2D eigenvalue weighted by Crippen LogP contribution is -2.37. The predicted octanol–water partition coefficient (Wildman–Crippen LogP) is 1.99. The number of carbonyl (C=O) groups is 1. The maximum Gasteiger partial charge on any atom is 0.231 e. The summed E-state index contributed by atoms with van der Waals surface area (Å²) in [6.45, 7) is 7.48. The number of benzene rings is 1. The minimum Gasteiger partial charge on any atom is -0.369 e. The van der Waals surface area contributed by atoms with Crippen molar-refractivity contribution in [3.8, 4) is 0 Å². The Morgan fingerprint density at radius 2 is 1.89 bits per heavy atom. The maximum absolute atomic E-state index is 10.7. The predicted molar refractivity (Wildman–Crippen MR) is 75.5 cm³/mol. The number of carbonyl (C=O) groups excluding carboxylic acids is 1. The van der Waals surface area contributed by atoms with Crippen molar-refractivity contribution in [3.63, 3.8) is 0 Å². The van der Waals surface area contributed by atoms with Gasteiger partial charge in [0.05, 0.1) is 6.54 Å². The standard InChI is InChI=1S/C15H24N2O/c1-4-5-12-6-8-13(9-7-12)15(2,3)11-17-10-14(16)18/h6-9,17H,4-5,10-11H2,1-3H3,(H2,16,18). The van der Waals surface area contributed by atoms with E-state index >= 15 is 0 Å². The summed E-state index contributed by atoms with van der Waals surface area (Å²) >= 11 is 0. The Labute approximate surface area is 110 Å². The first-order valence-corrected chi connectivity index (χ1v) is 6.54. The summed E-state index contributed by atoms with van der Waals surface area (Å²) in [5, 5.41) is 3.09. The lowest BCUT2D eigenvalue weighted by Gasteiger charge is -2.25. The van der Waals surface area contributed by atoms with E-state index in [1.54, 1.807) is 0 Å². The van der Waals surface area contributed by atoms with Gasteiger partial charge in [-0.25, -0.2) is 0 Å². The van der Waals surface area contributed by atoms with Gasteiger partial charge in [0.15, 0.2) is 0 Å². The van der Waals surface area contributed by atoms with E-state index < -0.39 is 0 Å². The van der Waals surface area contributed by atoms with Crippen LogP contribution in [0, 0.1) is 0 Å². The monoisotopic (exact) mass is 248 g/mol. The molecule has 0 bridgehead atoms. The summed E-state index contributed by atoms with van der Waals surface area (Å²) in [6.07, 6.45) is 2.30. The van der Waals surface area contributed by atoms with Gasteiger partial charge in [0.25, 0.3) is 0 Å². The van der Waals surface area contributed by atoms with E-state index in [4.69, 9.17) is 5.73 Å². The van der Waals surface area contributed by atoms with Crippen LogP contribution in [0.3, 0.4) is 0 Å². The van der Waals surface area contributed by atoms with Crippen LogP contribution in [0.1, 0.15) is 38.3 Å². The van der Waals surface area contributed by atoms with E-state index in [-0.39, 0.29) is 17.9 Å². The smallest absolute Gasteiger partial charge is 0.231 e. The number of primary amides is 1. The molecule has 3 N–H and O–H groups in total. The molecule has 0 spiro atoms. The van der Waals surface area contributed by atoms with Crippen molar-refractivity contribution in [2.45, 2.75) is 39.0 Å². The molecule has 0 atom stereocenters. The van der Waals surface area contributed by atoms with Gasteiger partial charge in [0.2, 0.25) is 5.91 Å².